The highest BCUT2D eigenvalue weighted by Crippen LogP contribution is 2.34. The number of nitrogens with one attached hydrogen (secondary N) is 2. The summed E-state index contributed by atoms with van der Waals surface area (Å²) >= 11 is 0. The van der Waals surface area contributed by atoms with E-state index in [9.17, 15) is 9.59 Å². The second-order valence-electron chi connectivity index (χ2n) is 5.77. The lowest BCUT2D eigenvalue weighted by Crippen LogP contribution is -2.49. The molecule has 0 spiro atoms. The smallest absolute Gasteiger partial charge is 0.243 e. The number of benzene rings is 1. The van der Waals surface area contributed by atoms with E-state index in [2.05, 4.69) is 10.6 Å². The number of carbonyl (C=O) groups excluding carboxylic acids is 2. The van der Waals surface area contributed by atoms with Gasteiger partial charge in [0.15, 0.2) is 11.5 Å². The third-order valence-corrected chi connectivity index (χ3v) is 3.56. The number of ether oxygens (including phenoxy) is 2. The first-order valence-electron chi connectivity index (χ1n) is 7.35. The van der Waals surface area contributed by atoms with Crippen molar-refractivity contribution in [1.29, 1.82) is 0 Å². The normalized spacial score (nSPS) is 15.3. The summed E-state index contributed by atoms with van der Waals surface area (Å²) in [5.74, 6) is 0.981. The van der Waals surface area contributed by atoms with E-state index in [0.717, 1.165) is 5.56 Å². The average Bonchev–Trinajstić information content (AvgIpc) is 2.91. The van der Waals surface area contributed by atoms with Crippen LogP contribution in [0.3, 0.4) is 0 Å². The number of amides is 2. The van der Waals surface area contributed by atoms with Crippen molar-refractivity contribution in [2.75, 3.05) is 6.79 Å². The van der Waals surface area contributed by atoms with Crippen molar-refractivity contribution in [1.82, 2.24) is 10.6 Å². The van der Waals surface area contributed by atoms with Gasteiger partial charge in [-0.2, -0.15) is 0 Å². The number of hydrogen-bond acceptors (Lipinski definition) is 4. The second kappa shape index (κ2) is 6.68. The molecule has 2 unspecified atom stereocenters. The van der Waals surface area contributed by atoms with E-state index >= 15 is 0 Å². The van der Waals surface area contributed by atoms with Crippen LogP contribution >= 0.6 is 0 Å². The Morgan fingerprint density at radius 1 is 1.09 bits per heavy atom. The maximum atomic E-state index is 12.4. The Balaban J connectivity index is 2.05. The van der Waals surface area contributed by atoms with Gasteiger partial charge in [-0.3, -0.25) is 9.59 Å². The summed E-state index contributed by atoms with van der Waals surface area (Å²) in [6.07, 6.45) is 0. The van der Waals surface area contributed by atoms with Crippen LogP contribution < -0.4 is 20.1 Å². The molecular weight excluding hydrogens is 284 g/mol. The quantitative estimate of drug-likeness (QED) is 0.869. The van der Waals surface area contributed by atoms with Crippen LogP contribution in [0.1, 0.15) is 39.3 Å². The molecule has 120 valence electrons. The minimum atomic E-state index is -0.547. The predicted molar refractivity (Wildman–Crippen MR) is 81.6 cm³/mol. The van der Waals surface area contributed by atoms with Gasteiger partial charge in [-0.1, -0.05) is 19.9 Å². The summed E-state index contributed by atoms with van der Waals surface area (Å²) in [5, 5.41) is 5.61. The Morgan fingerprint density at radius 2 is 1.77 bits per heavy atom. The Bertz CT molecular complexity index is 571. The standard InChI is InChI=1S/C16H22N2O4/c1-9(2)15(18-11(4)19)16(20)17-10(3)12-5-6-13-14(7-12)22-8-21-13/h5-7,9-10,15H,8H2,1-4H3,(H,17,20)(H,18,19). The van der Waals surface area contributed by atoms with Crippen LogP contribution in [0.2, 0.25) is 0 Å². The van der Waals surface area contributed by atoms with Gasteiger partial charge in [-0.05, 0) is 30.5 Å². The molecule has 0 bridgehead atoms. The van der Waals surface area contributed by atoms with E-state index in [1.165, 1.54) is 6.92 Å². The first-order chi connectivity index (χ1) is 10.4. The molecule has 2 N–H and O–H groups in total. The Hall–Kier alpha value is -2.24. The summed E-state index contributed by atoms with van der Waals surface area (Å²) < 4.78 is 10.6. The molecule has 1 aliphatic heterocycles. The van der Waals surface area contributed by atoms with E-state index < -0.39 is 6.04 Å². The Kier molecular flexibility index (Phi) is 4.90. The molecule has 2 rings (SSSR count). The highest BCUT2D eigenvalue weighted by atomic mass is 16.7. The van der Waals surface area contributed by atoms with E-state index in [0.29, 0.717) is 11.5 Å². The summed E-state index contributed by atoms with van der Waals surface area (Å²) in [7, 11) is 0. The van der Waals surface area contributed by atoms with Crippen LogP contribution in [0.4, 0.5) is 0 Å². The number of carbonyl (C=O) groups is 2. The number of fused-ring (bicyclic) bond motifs is 1. The predicted octanol–water partition coefficient (Wildman–Crippen LogP) is 1.75. The molecule has 6 nitrogen and oxygen atoms in total. The highest BCUT2D eigenvalue weighted by Gasteiger charge is 2.25. The van der Waals surface area contributed by atoms with Gasteiger partial charge in [0.05, 0.1) is 6.04 Å². The summed E-state index contributed by atoms with van der Waals surface area (Å²) in [4.78, 5) is 23.6. The van der Waals surface area contributed by atoms with Crippen molar-refractivity contribution in [3.8, 4) is 11.5 Å². The number of rotatable bonds is 5. The van der Waals surface area contributed by atoms with Gasteiger partial charge < -0.3 is 20.1 Å². The molecule has 0 aliphatic carbocycles. The zero-order valence-corrected chi connectivity index (χ0v) is 13.3. The van der Waals surface area contributed by atoms with Crippen molar-refractivity contribution in [2.45, 2.75) is 39.8 Å². The lowest BCUT2D eigenvalue weighted by Gasteiger charge is -2.23. The van der Waals surface area contributed by atoms with Crippen molar-refractivity contribution in [2.24, 2.45) is 5.92 Å². The lowest BCUT2D eigenvalue weighted by molar-refractivity contribution is -0.129. The van der Waals surface area contributed by atoms with E-state index in [4.69, 9.17) is 9.47 Å². The van der Waals surface area contributed by atoms with Crippen LogP contribution in [-0.4, -0.2) is 24.6 Å². The van der Waals surface area contributed by atoms with Crippen LogP contribution in [0, 0.1) is 5.92 Å². The molecule has 1 aliphatic rings. The van der Waals surface area contributed by atoms with Crippen molar-refractivity contribution < 1.29 is 19.1 Å². The van der Waals surface area contributed by atoms with E-state index in [1.807, 2.05) is 39.0 Å². The molecule has 1 aromatic carbocycles. The SMILES string of the molecule is CC(=O)NC(C(=O)NC(C)c1ccc2c(c1)OCO2)C(C)C. The minimum Gasteiger partial charge on any atom is -0.454 e. The number of hydrogen-bond donors (Lipinski definition) is 2. The van der Waals surface area contributed by atoms with Crippen LogP contribution in [0.25, 0.3) is 0 Å². The van der Waals surface area contributed by atoms with Gasteiger partial charge >= 0.3 is 0 Å². The van der Waals surface area contributed by atoms with Gasteiger partial charge in [0.25, 0.3) is 0 Å². The minimum absolute atomic E-state index is 0.00727. The first-order valence-corrected chi connectivity index (χ1v) is 7.35. The molecule has 1 aromatic rings. The zero-order chi connectivity index (χ0) is 16.3. The first kappa shape index (κ1) is 16.1. The van der Waals surface area contributed by atoms with Gasteiger partial charge in [0.2, 0.25) is 18.6 Å². The van der Waals surface area contributed by atoms with Gasteiger partial charge in [0.1, 0.15) is 6.04 Å². The molecule has 2 atom stereocenters. The molecule has 22 heavy (non-hydrogen) atoms. The summed E-state index contributed by atoms with van der Waals surface area (Å²) in [6, 6.07) is 4.83. The molecule has 2 amide bonds. The fourth-order valence-electron chi connectivity index (χ4n) is 2.32. The summed E-state index contributed by atoms with van der Waals surface area (Å²) in [6.45, 7) is 7.30. The maximum absolute atomic E-state index is 12.4. The van der Waals surface area contributed by atoms with Crippen LogP contribution in [-0.2, 0) is 9.59 Å². The van der Waals surface area contributed by atoms with Gasteiger partial charge in [0, 0.05) is 6.92 Å². The van der Waals surface area contributed by atoms with Crippen molar-refractivity contribution in [3.63, 3.8) is 0 Å². The molecule has 0 saturated heterocycles. The molecule has 0 saturated carbocycles. The highest BCUT2D eigenvalue weighted by molar-refractivity contribution is 5.87. The largest absolute Gasteiger partial charge is 0.454 e. The molecular formula is C16H22N2O4. The molecule has 0 fully saturated rings. The molecule has 6 heteroatoms. The van der Waals surface area contributed by atoms with Crippen LogP contribution in [0.5, 0.6) is 11.5 Å². The zero-order valence-electron chi connectivity index (χ0n) is 13.3. The Morgan fingerprint density at radius 3 is 2.41 bits per heavy atom. The van der Waals surface area contributed by atoms with E-state index in [-0.39, 0.29) is 30.6 Å². The van der Waals surface area contributed by atoms with E-state index in [1.54, 1.807) is 0 Å². The van der Waals surface area contributed by atoms with Gasteiger partial charge in [-0.25, -0.2) is 0 Å². The van der Waals surface area contributed by atoms with Crippen molar-refractivity contribution >= 4 is 11.8 Å². The third-order valence-electron chi connectivity index (χ3n) is 3.56. The topological polar surface area (TPSA) is 76.7 Å². The molecule has 1 heterocycles. The average molecular weight is 306 g/mol. The molecule has 0 radical (unpaired) electrons. The fourth-order valence-corrected chi connectivity index (χ4v) is 2.32. The molecule has 0 aromatic heterocycles. The lowest BCUT2D eigenvalue weighted by atomic mass is 10.0. The monoisotopic (exact) mass is 306 g/mol. The second-order valence-corrected chi connectivity index (χ2v) is 5.77. The summed E-state index contributed by atoms with van der Waals surface area (Å²) in [5.41, 5.74) is 0.919. The van der Waals surface area contributed by atoms with Gasteiger partial charge in [-0.15, -0.1) is 0 Å². The maximum Gasteiger partial charge on any atom is 0.243 e. The third kappa shape index (κ3) is 3.69. The van der Waals surface area contributed by atoms with Crippen molar-refractivity contribution in [3.05, 3.63) is 23.8 Å². The van der Waals surface area contributed by atoms with Crippen LogP contribution in [0.15, 0.2) is 18.2 Å². The fraction of sp³-hybridized carbons (Fsp3) is 0.500. The Labute approximate surface area is 130 Å².